The lowest BCUT2D eigenvalue weighted by molar-refractivity contribution is 0.219. The summed E-state index contributed by atoms with van der Waals surface area (Å²) in [6.45, 7) is 0. The Morgan fingerprint density at radius 3 is 2.62 bits per heavy atom. The Kier molecular flexibility index (Phi) is 4.47. The SMILES string of the molecule is O=S(=O)(c1ccc(Cl)cc1)c1c[nH]c(C=CC(O)c2nn[nH]n2)c1. The first-order valence-electron chi connectivity index (χ1n) is 6.75. The second-order valence-corrected chi connectivity index (χ2v) is 7.21. The lowest BCUT2D eigenvalue weighted by Gasteiger charge is -2.01. The number of nitrogens with zero attached hydrogens (tertiary/aromatic N) is 3. The molecule has 1 atom stereocenters. The maximum absolute atomic E-state index is 12.5. The molecule has 24 heavy (non-hydrogen) atoms. The van der Waals surface area contributed by atoms with E-state index in [-0.39, 0.29) is 15.6 Å². The molecule has 0 aliphatic rings. The maximum Gasteiger partial charge on any atom is 0.208 e. The van der Waals surface area contributed by atoms with E-state index in [1.54, 1.807) is 0 Å². The van der Waals surface area contributed by atoms with Crippen molar-refractivity contribution in [3.63, 3.8) is 0 Å². The van der Waals surface area contributed by atoms with Gasteiger partial charge in [0.1, 0.15) is 6.10 Å². The van der Waals surface area contributed by atoms with Crippen molar-refractivity contribution in [3.05, 3.63) is 59.1 Å². The van der Waals surface area contributed by atoms with E-state index in [1.165, 1.54) is 48.7 Å². The van der Waals surface area contributed by atoms with Crippen molar-refractivity contribution in [2.45, 2.75) is 15.9 Å². The predicted octanol–water partition coefficient (Wildman–Crippen LogP) is 1.76. The fraction of sp³-hybridized carbons (Fsp3) is 0.0714. The Labute approximate surface area is 142 Å². The second kappa shape index (κ2) is 6.56. The van der Waals surface area contributed by atoms with E-state index in [2.05, 4.69) is 25.6 Å². The number of aromatic nitrogens is 5. The first-order valence-corrected chi connectivity index (χ1v) is 8.61. The van der Waals surface area contributed by atoms with Crippen molar-refractivity contribution in [2.24, 2.45) is 0 Å². The van der Waals surface area contributed by atoms with Crippen LogP contribution in [-0.4, -0.2) is 39.1 Å². The molecule has 0 aliphatic heterocycles. The third-order valence-electron chi connectivity index (χ3n) is 3.20. The Morgan fingerprint density at radius 1 is 1.21 bits per heavy atom. The van der Waals surface area contributed by atoms with Crippen molar-refractivity contribution in [2.75, 3.05) is 0 Å². The summed E-state index contributed by atoms with van der Waals surface area (Å²) in [5.41, 5.74) is 0.505. The van der Waals surface area contributed by atoms with Crippen LogP contribution in [0.3, 0.4) is 0 Å². The van der Waals surface area contributed by atoms with Crippen LogP contribution in [-0.2, 0) is 9.84 Å². The standard InChI is InChI=1S/C14H12ClN5O3S/c15-9-1-4-11(5-2-9)24(22,23)12-7-10(16-8-12)3-6-13(21)14-17-19-20-18-14/h1-8,13,16,21H,(H,17,18,19,20). The monoisotopic (exact) mass is 365 g/mol. The van der Waals surface area contributed by atoms with Crippen LogP contribution >= 0.6 is 11.6 Å². The largest absolute Gasteiger partial charge is 0.381 e. The van der Waals surface area contributed by atoms with Gasteiger partial charge in [0.2, 0.25) is 15.7 Å². The van der Waals surface area contributed by atoms with Gasteiger partial charge < -0.3 is 10.1 Å². The van der Waals surface area contributed by atoms with Gasteiger partial charge in [-0.15, -0.1) is 10.2 Å². The highest BCUT2D eigenvalue weighted by Gasteiger charge is 2.19. The van der Waals surface area contributed by atoms with Crippen LogP contribution < -0.4 is 0 Å². The van der Waals surface area contributed by atoms with Gasteiger partial charge in [0.15, 0.2) is 0 Å². The van der Waals surface area contributed by atoms with Crippen LogP contribution in [0.15, 0.2) is 52.4 Å². The van der Waals surface area contributed by atoms with E-state index in [4.69, 9.17) is 11.6 Å². The number of hydrogen-bond acceptors (Lipinski definition) is 6. The molecule has 0 bridgehead atoms. The zero-order chi connectivity index (χ0) is 17.2. The lowest BCUT2D eigenvalue weighted by Crippen LogP contribution is -2.00. The number of aliphatic hydroxyl groups is 1. The van der Waals surface area contributed by atoms with Gasteiger partial charge in [-0.2, -0.15) is 5.21 Å². The zero-order valence-corrected chi connectivity index (χ0v) is 13.7. The summed E-state index contributed by atoms with van der Waals surface area (Å²) < 4.78 is 25.0. The van der Waals surface area contributed by atoms with Gasteiger partial charge in [0, 0.05) is 16.9 Å². The van der Waals surface area contributed by atoms with Gasteiger partial charge in [-0.25, -0.2) is 8.42 Å². The molecule has 2 aromatic heterocycles. The molecule has 0 saturated carbocycles. The van der Waals surface area contributed by atoms with E-state index < -0.39 is 15.9 Å². The number of aromatic amines is 2. The van der Waals surface area contributed by atoms with E-state index in [1.807, 2.05) is 0 Å². The van der Waals surface area contributed by atoms with E-state index in [0.29, 0.717) is 10.7 Å². The molecule has 1 unspecified atom stereocenters. The number of benzene rings is 1. The van der Waals surface area contributed by atoms with Crippen LogP contribution in [0.2, 0.25) is 5.02 Å². The molecule has 3 rings (SSSR count). The van der Waals surface area contributed by atoms with Crippen LogP contribution in [0.5, 0.6) is 0 Å². The second-order valence-electron chi connectivity index (χ2n) is 4.82. The zero-order valence-electron chi connectivity index (χ0n) is 12.1. The highest BCUT2D eigenvalue weighted by Crippen LogP contribution is 2.23. The van der Waals surface area contributed by atoms with E-state index in [0.717, 1.165) is 0 Å². The molecule has 1 aromatic carbocycles. The lowest BCUT2D eigenvalue weighted by atomic mass is 10.3. The fourth-order valence-electron chi connectivity index (χ4n) is 1.97. The van der Waals surface area contributed by atoms with Crippen LogP contribution in [0, 0.1) is 0 Å². The molecule has 2 heterocycles. The number of rotatable bonds is 5. The third kappa shape index (κ3) is 3.37. The quantitative estimate of drug-likeness (QED) is 0.632. The first-order chi connectivity index (χ1) is 11.5. The summed E-state index contributed by atoms with van der Waals surface area (Å²) in [4.78, 5) is 3.08. The topological polar surface area (TPSA) is 125 Å². The molecule has 0 saturated heterocycles. The first kappa shape index (κ1) is 16.4. The molecule has 3 N–H and O–H groups in total. The van der Waals surface area contributed by atoms with Crippen LogP contribution in [0.25, 0.3) is 6.08 Å². The van der Waals surface area contributed by atoms with Crippen LogP contribution in [0.1, 0.15) is 17.6 Å². The van der Waals surface area contributed by atoms with Crippen molar-refractivity contribution in [1.29, 1.82) is 0 Å². The Hall–Kier alpha value is -2.49. The minimum Gasteiger partial charge on any atom is -0.381 e. The van der Waals surface area contributed by atoms with Crippen molar-refractivity contribution < 1.29 is 13.5 Å². The predicted molar refractivity (Wildman–Crippen MR) is 85.9 cm³/mol. The van der Waals surface area contributed by atoms with Crippen LogP contribution in [0.4, 0.5) is 0 Å². The highest BCUT2D eigenvalue weighted by atomic mass is 35.5. The number of H-pyrrole nitrogens is 2. The van der Waals surface area contributed by atoms with Gasteiger partial charge in [-0.05, 0) is 42.5 Å². The van der Waals surface area contributed by atoms with Crippen molar-refractivity contribution in [1.82, 2.24) is 25.6 Å². The summed E-state index contributed by atoms with van der Waals surface area (Å²) in [7, 11) is -3.64. The van der Waals surface area contributed by atoms with Gasteiger partial charge in [0.05, 0.1) is 9.79 Å². The maximum atomic E-state index is 12.5. The Balaban J connectivity index is 1.81. The van der Waals surface area contributed by atoms with Gasteiger partial charge in [0.25, 0.3) is 0 Å². The Bertz CT molecular complexity index is 949. The average molecular weight is 366 g/mol. The van der Waals surface area contributed by atoms with Crippen molar-refractivity contribution >= 4 is 27.5 Å². The molecule has 3 aromatic rings. The Morgan fingerprint density at radius 2 is 1.96 bits per heavy atom. The van der Waals surface area contributed by atoms with Crippen molar-refractivity contribution in [3.8, 4) is 0 Å². The number of aliphatic hydroxyl groups excluding tert-OH is 1. The molecule has 10 heteroatoms. The number of tetrazole rings is 1. The molecule has 0 amide bonds. The molecule has 0 radical (unpaired) electrons. The molecule has 0 spiro atoms. The summed E-state index contributed by atoms with van der Waals surface area (Å²) in [6, 6.07) is 7.39. The molecule has 8 nitrogen and oxygen atoms in total. The summed E-state index contributed by atoms with van der Waals surface area (Å²) in [5, 5.41) is 23.2. The molecule has 0 aliphatic carbocycles. The fourth-order valence-corrected chi connectivity index (χ4v) is 3.36. The highest BCUT2D eigenvalue weighted by molar-refractivity contribution is 7.91. The van der Waals surface area contributed by atoms with E-state index in [9.17, 15) is 13.5 Å². The molecular weight excluding hydrogens is 354 g/mol. The number of halogens is 1. The number of hydrogen-bond donors (Lipinski definition) is 3. The van der Waals surface area contributed by atoms with Gasteiger partial charge >= 0.3 is 0 Å². The number of sulfone groups is 1. The normalized spacial score (nSPS) is 13.4. The summed E-state index contributed by atoms with van der Waals surface area (Å²) in [5.74, 6) is 0.117. The summed E-state index contributed by atoms with van der Waals surface area (Å²) >= 11 is 5.77. The smallest absolute Gasteiger partial charge is 0.208 e. The molecule has 124 valence electrons. The molecule has 0 fully saturated rings. The third-order valence-corrected chi connectivity index (χ3v) is 5.20. The number of nitrogens with one attached hydrogen (secondary N) is 2. The van der Waals surface area contributed by atoms with Gasteiger partial charge in [-0.1, -0.05) is 16.8 Å². The van der Waals surface area contributed by atoms with Gasteiger partial charge in [-0.3, -0.25) is 0 Å². The average Bonchev–Trinajstić information content (AvgIpc) is 3.25. The summed E-state index contributed by atoms with van der Waals surface area (Å²) in [6.07, 6.45) is 3.27. The van der Waals surface area contributed by atoms with E-state index >= 15 is 0 Å². The molecular formula is C14H12ClN5O3S. The minimum atomic E-state index is -3.64. The minimum absolute atomic E-state index is 0.110.